The molecule has 10 N–H and O–H groups in total. The number of aliphatic carboxylic acids is 1. The molecule has 17 nitrogen and oxygen atoms in total. The minimum Gasteiger partial charge on any atom is -0.479 e. The number of carboxylic acid groups (broad SMARTS) is 1. The number of ether oxygens (including phenoxy) is 5. The molecule has 0 radical (unpaired) electrons. The van der Waals surface area contributed by atoms with Crippen LogP contribution in [0.5, 0.6) is 0 Å². The van der Waals surface area contributed by atoms with Crippen LogP contribution in [0.3, 0.4) is 0 Å². The zero-order valence-electron chi connectivity index (χ0n) is 38.8. The Kier molecular flexibility index (Phi) is 13.1. The van der Waals surface area contributed by atoms with E-state index in [0.717, 1.165) is 5.57 Å². The number of aliphatic hydroxyl groups is 9. The van der Waals surface area contributed by atoms with E-state index >= 15 is 0 Å². The molecule has 17 heteroatoms. The van der Waals surface area contributed by atoms with Crippen molar-refractivity contribution in [2.75, 3.05) is 6.61 Å². The number of carboxylic acids is 1. The van der Waals surface area contributed by atoms with E-state index in [4.69, 9.17) is 23.7 Å². The SMILES string of the molecule is C/C=C(\C)C(=O)O[C@H]1[C@H](O)C(C)(C)C[C@H]2C3=CC[C@@H]4[C@@]5(C)CC[C@H](O[C@@H]6O[C@H](C(=O)O)[C@@H](O)[C@H](O)[C@H]6O[C@H]6O[C@H](C)[C@@H](O)[C@H](O)[C@@H]6O)C(C)(C)[C@@H]5CC[C@@]4(C)[C@]3(C)[C@@H](O)[C@@H](O)[C@]21CO. The van der Waals surface area contributed by atoms with Crippen LogP contribution in [0.2, 0.25) is 0 Å². The molecular weight excluding hydrogens is 836 g/mol. The molecule has 2 aliphatic heterocycles. The number of hydrogen-bond acceptors (Lipinski definition) is 16. The van der Waals surface area contributed by atoms with Crippen LogP contribution in [-0.2, 0) is 33.3 Å². The molecular formula is C47H74O17. The van der Waals surface area contributed by atoms with Crippen molar-refractivity contribution in [1.82, 2.24) is 0 Å². The normalized spacial score (nSPS) is 52.2. The van der Waals surface area contributed by atoms with Crippen LogP contribution in [0.15, 0.2) is 23.3 Å². The summed E-state index contributed by atoms with van der Waals surface area (Å²) in [6, 6.07) is 0. The highest BCUT2D eigenvalue weighted by atomic mass is 16.8. The van der Waals surface area contributed by atoms with E-state index in [1.54, 1.807) is 19.9 Å². The van der Waals surface area contributed by atoms with Gasteiger partial charge < -0.3 is 74.7 Å². The van der Waals surface area contributed by atoms with Gasteiger partial charge in [-0.3, -0.25) is 0 Å². The maximum atomic E-state index is 13.3. The third-order valence-corrected chi connectivity index (χ3v) is 18.6. The van der Waals surface area contributed by atoms with Crippen LogP contribution in [0.25, 0.3) is 0 Å². The lowest BCUT2D eigenvalue weighted by Crippen LogP contribution is -2.76. The van der Waals surface area contributed by atoms with Crippen LogP contribution in [-0.4, -0.2) is 162 Å². The van der Waals surface area contributed by atoms with Gasteiger partial charge in [0, 0.05) is 11.0 Å². The molecule has 0 amide bonds. The second-order valence-electron chi connectivity index (χ2n) is 22.3. The molecule has 0 bridgehead atoms. The molecule has 0 aromatic carbocycles. The number of aliphatic hydroxyl groups excluding tert-OH is 9. The van der Waals surface area contributed by atoms with Crippen molar-refractivity contribution >= 4 is 11.9 Å². The van der Waals surface area contributed by atoms with Gasteiger partial charge in [-0.25, -0.2) is 9.59 Å². The van der Waals surface area contributed by atoms with Crippen molar-refractivity contribution in [2.24, 2.45) is 50.2 Å². The average Bonchev–Trinajstić information content (AvgIpc) is 3.23. The first kappa shape index (κ1) is 49.8. The molecule has 2 heterocycles. The van der Waals surface area contributed by atoms with E-state index in [1.165, 1.54) is 6.92 Å². The van der Waals surface area contributed by atoms with Crippen LogP contribution < -0.4 is 0 Å². The number of fused-ring (bicyclic) bond motifs is 7. The predicted octanol–water partition coefficient (Wildman–Crippen LogP) is 1.31. The third kappa shape index (κ3) is 7.03. The maximum Gasteiger partial charge on any atom is 0.335 e. The van der Waals surface area contributed by atoms with E-state index in [2.05, 4.69) is 33.8 Å². The van der Waals surface area contributed by atoms with Crippen molar-refractivity contribution < 1.29 is 84.3 Å². The molecule has 5 aliphatic carbocycles. The van der Waals surface area contributed by atoms with Crippen molar-refractivity contribution in [3.63, 3.8) is 0 Å². The van der Waals surface area contributed by atoms with Gasteiger partial charge in [0.1, 0.15) is 42.7 Å². The summed E-state index contributed by atoms with van der Waals surface area (Å²) in [6.07, 6.45) is -15.5. The molecule has 64 heavy (non-hydrogen) atoms. The summed E-state index contributed by atoms with van der Waals surface area (Å²) in [5.41, 5.74) is -3.83. The minimum atomic E-state index is -1.95. The lowest BCUT2D eigenvalue weighted by Gasteiger charge is -2.73. The third-order valence-electron chi connectivity index (χ3n) is 18.6. The van der Waals surface area contributed by atoms with Gasteiger partial charge in [-0.1, -0.05) is 66.2 Å². The number of hydrogen-bond donors (Lipinski definition) is 10. The summed E-state index contributed by atoms with van der Waals surface area (Å²) in [4.78, 5) is 25.6. The van der Waals surface area contributed by atoms with E-state index < -0.39 is 143 Å². The van der Waals surface area contributed by atoms with Gasteiger partial charge >= 0.3 is 11.9 Å². The van der Waals surface area contributed by atoms with Gasteiger partial charge in [-0.2, -0.15) is 0 Å². The van der Waals surface area contributed by atoms with Gasteiger partial charge in [0.2, 0.25) is 0 Å². The molecule has 4 saturated carbocycles. The predicted molar refractivity (Wildman–Crippen MR) is 225 cm³/mol. The fourth-order valence-corrected chi connectivity index (χ4v) is 14.4. The van der Waals surface area contributed by atoms with Gasteiger partial charge in [0.05, 0.1) is 42.5 Å². The number of esters is 1. The van der Waals surface area contributed by atoms with Crippen LogP contribution >= 0.6 is 0 Å². The quantitative estimate of drug-likeness (QED) is 0.0711. The van der Waals surface area contributed by atoms with Gasteiger partial charge in [0.25, 0.3) is 0 Å². The topological polar surface area (TPSA) is 283 Å². The van der Waals surface area contributed by atoms with E-state index in [0.29, 0.717) is 44.1 Å². The highest BCUT2D eigenvalue weighted by molar-refractivity contribution is 5.87. The van der Waals surface area contributed by atoms with Crippen LogP contribution in [0.4, 0.5) is 0 Å². The Morgan fingerprint density at radius 1 is 0.797 bits per heavy atom. The molecule has 364 valence electrons. The lowest BCUT2D eigenvalue weighted by atomic mass is 9.32. The van der Waals surface area contributed by atoms with E-state index in [9.17, 15) is 60.7 Å². The zero-order chi connectivity index (χ0) is 47.6. The molecule has 7 rings (SSSR count). The fraction of sp³-hybridized carbons (Fsp3) is 0.872. The minimum absolute atomic E-state index is 0.0188. The molecule has 0 aromatic heterocycles. The Labute approximate surface area is 375 Å². The number of rotatable bonds is 8. The second-order valence-corrected chi connectivity index (χ2v) is 22.3. The molecule has 22 atom stereocenters. The second kappa shape index (κ2) is 16.8. The first-order valence-electron chi connectivity index (χ1n) is 23.1. The fourth-order valence-electron chi connectivity index (χ4n) is 14.4. The molecule has 6 fully saturated rings. The number of carbonyl (C=O) groups is 2. The van der Waals surface area contributed by atoms with Crippen LogP contribution in [0, 0.1) is 50.2 Å². The largest absolute Gasteiger partial charge is 0.479 e. The molecule has 0 unspecified atom stereocenters. The molecule has 0 aromatic rings. The monoisotopic (exact) mass is 910 g/mol. The Bertz CT molecular complexity index is 1850. The Balaban J connectivity index is 1.20. The Hall–Kier alpha value is -2.10. The van der Waals surface area contributed by atoms with Crippen LogP contribution in [0.1, 0.15) is 108 Å². The Morgan fingerprint density at radius 2 is 1.45 bits per heavy atom. The number of allylic oxidation sites excluding steroid dienone is 2. The van der Waals surface area contributed by atoms with Gasteiger partial charge in [-0.15, -0.1) is 0 Å². The van der Waals surface area contributed by atoms with E-state index in [1.807, 2.05) is 20.8 Å². The van der Waals surface area contributed by atoms with Crippen molar-refractivity contribution in [2.45, 2.75) is 200 Å². The zero-order valence-corrected chi connectivity index (χ0v) is 38.8. The summed E-state index contributed by atoms with van der Waals surface area (Å²) < 4.78 is 30.2. The number of carbonyl (C=O) groups excluding carboxylic acids is 1. The lowest BCUT2D eigenvalue weighted by molar-refractivity contribution is -0.372. The smallest absolute Gasteiger partial charge is 0.335 e. The van der Waals surface area contributed by atoms with Gasteiger partial charge in [0.15, 0.2) is 18.7 Å². The molecule has 7 aliphatic rings. The summed E-state index contributed by atoms with van der Waals surface area (Å²) in [6.45, 7) is 18.5. The Morgan fingerprint density at radius 3 is 2.06 bits per heavy atom. The molecule has 0 spiro atoms. The van der Waals surface area contributed by atoms with Gasteiger partial charge in [-0.05, 0) is 98.7 Å². The summed E-state index contributed by atoms with van der Waals surface area (Å²) >= 11 is 0. The average molecular weight is 911 g/mol. The standard InChI is InChI=1S/C47H74O17/c1-11-20(2)39(59)64-37-36(56)42(4,5)18-23-22-12-13-25-44(8)16-15-26(43(6,7)24(44)14-17-45(25,9)46(22,10)34(54)35(55)47(23,37)19-48)61-41-33(30(52)29(51)32(62-41)38(57)58)63-40-31(53)28(50)27(49)21(3)60-40/h11-12,21,23-37,40-41,48-56H,13-19H2,1-10H3,(H,57,58)/b20-11+/t21-,23+,24+,25-,26+,27-,28+,29+,30+,31+,32+,33-,34+,35-,36+,37+,40-,41-,44+,45-,46+,47+/m1/s1. The highest BCUT2D eigenvalue weighted by Gasteiger charge is 2.76. The summed E-state index contributed by atoms with van der Waals surface area (Å²) in [5.74, 6) is -2.83. The van der Waals surface area contributed by atoms with Crippen molar-refractivity contribution in [3.8, 4) is 0 Å². The van der Waals surface area contributed by atoms with E-state index in [-0.39, 0.29) is 17.3 Å². The summed E-state index contributed by atoms with van der Waals surface area (Å²) in [7, 11) is 0. The summed E-state index contributed by atoms with van der Waals surface area (Å²) in [5, 5.41) is 112. The molecule has 2 saturated heterocycles. The highest BCUT2D eigenvalue weighted by Crippen LogP contribution is 2.76. The first-order valence-corrected chi connectivity index (χ1v) is 23.1. The maximum absolute atomic E-state index is 13.3. The van der Waals surface area contributed by atoms with Crippen molar-refractivity contribution in [1.29, 1.82) is 0 Å². The van der Waals surface area contributed by atoms with Crippen molar-refractivity contribution in [3.05, 3.63) is 23.3 Å². The first-order chi connectivity index (χ1) is 29.6.